The van der Waals surface area contributed by atoms with Crippen molar-refractivity contribution in [2.75, 3.05) is 54.4 Å². The summed E-state index contributed by atoms with van der Waals surface area (Å²) < 4.78 is 0. The van der Waals surface area contributed by atoms with Crippen LogP contribution in [0.3, 0.4) is 0 Å². The number of carbonyl (C=O) groups excluding carboxylic acids is 7. The molecular formula is C45H63N13O8. The first-order valence-corrected chi connectivity index (χ1v) is 21.2. The molecule has 66 heavy (non-hydrogen) atoms. The monoisotopic (exact) mass is 913 g/mol. The molecule has 7 amide bonds. The van der Waals surface area contributed by atoms with Gasteiger partial charge in [-0.3, -0.25) is 38.6 Å². The van der Waals surface area contributed by atoms with Crippen LogP contribution in [-0.2, 0) is 52.8 Å². The molecule has 0 bridgehead atoms. The summed E-state index contributed by atoms with van der Waals surface area (Å²) in [5.74, 6) is -5.06. The van der Waals surface area contributed by atoms with Crippen molar-refractivity contribution in [3.63, 3.8) is 0 Å². The molecule has 21 heteroatoms. The number of rotatable bonds is 25. The number of carbonyl (C=O) groups is 7. The second kappa shape index (κ2) is 27.6. The summed E-state index contributed by atoms with van der Waals surface area (Å²) in [6.45, 7) is -1.55. The summed E-state index contributed by atoms with van der Waals surface area (Å²) in [5, 5.41) is 25.9. The number of primary amides is 1. The predicted molar refractivity (Wildman–Crippen MR) is 249 cm³/mol. The molecule has 0 aliphatic rings. The van der Waals surface area contributed by atoms with Crippen LogP contribution in [0.15, 0.2) is 101 Å². The van der Waals surface area contributed by atoms with Gasteiger partial charge in [-0.15, -0.1) is 0 Å². The summed E-state index contributed by atoms with van der Waals surface area (Å²) >= 11 is 0. The maximum Gasteiger partial charge on any atom is 0.245 e. The molecule has 0 spiro atoms. The lowest BCUT2D eigenvalue weighted by Crippen LogP contribution is -2.60. The topological polar surface area (TPSA) is 321 Å². The van der Waals surface area contributed by atoms with E-state index in [0.717, 1.165) is 5.56 Å². The van der Waals surface area contributed by atoms with Crippen molar-refractivity contribution in [1.29, 1.82) is 0 Å². The maximum atomic E-state index is 14.2. The number of hydrogen-bond acceptors (Lipinski definition) is 10. The molecule has 5 atom stereocenters. The van der Waals surface area contributed by atoms with E-state index in [0.29, 0.717) is 17.1 Å². The molecule has 3 aromatic rings. The van der Waals surface area contributed by atoms with Crippen molar-refractivity contribution in [2.24, 2.45) is 27.2 Å². The summed E-state index contributed by atoms with van der Waals surface area (Å²) in [5.41, 5.74) is 18.6. The molecule has 0 unspecified atom stereocenters. The first-order chi connectivity index (χ1) is 31.5. The Kier molecular flexibility index (Phi) is 22.1. The first kappa shape index (κ1) is 52.8. The maximum absolute atomic E-state index is 14.2. The minimum Gasteiger partial charge on any atom is -0.394 e. The van der Waals surface area contributed by atoms with Gasteiger partial charge < -0.3 is 64.0 Å². The van der Waals surface area contributed by atoms with E-state index in [1.807, 2.05) is 0 Å². The van der Waals surface area contributed by atoms with E-state index < -0.39 is 84.7 Å². The van der Waals surface area contributed by atoms with Crippen molar-refractivity contribution in [2.45, 2.75) is 62.3 Å². The lowest BCUT2D eigenvalue weighted by molar-refractivity contribution is -0.135. The molecular weight excluding hydrogens is 851 g/mol. The Morgan fingerprint density at radius 2 is 0.955 bits per heavy atom. The molecule has 21 nitrogen and oxygen atoms in total. The van der Waals surface area contributed by atoms with Gasteiger partial charge >= 0.3 is 0 Å². The minimum atomic E-state index is -1.62. The van der Waals surface area contributed by atoms with Gasteiger partial charge in [0.1, 0.15) is 36.8 Å². The van der Waals surface area contributed by atoms with Gasteiger partial charge in [-0.05, 0) is 29.5 Å². The van der Waals surface area contributed by atoms with E-state index in [1.54, 1.807) is 129 Å². The van der Waals surface area contributed by atoms with Crippen molar-refractivity contribution in [3.8, 4) is 0 Å². The predicted octanol–water partition coefficient (Wildman–Crippen LogP) is -2.73. The van der Waals surface area contributed by atoms with Crippen LogP contribution in [0.4, 0.5) is 0 Å². The van der Waals surface area contributed by atoms with Crippen molar-refractivity contribution in [1.82, 2.24) is 41.7 Å². The fourth-order valence-corrected chi connectivity index (χ4v) is 6.55. The molecule has 3 rings (SSSR count). The summed E-state index contributed by atoms with van der Waals surface area (Å²) in [6.07, 6.45) is 0.195. The van der Waals surface area contributed by atoms with E-state index in [-0.39, 0.29) is 51.2 Å². The molecule has 0 aliphatic carbocycles. The zero-order chi connectivity index (χ0) is 48.6. The molecule has 3 aromatic carbocycles. The Hall–Kier alpha value is -7.55. The Balaban J connectivity index is 1.81. The van der Waals surface area contributed by atoms with Crippen molar-refractivity contribution in [3.05, 3.63) is 108 Å². The molecule has 0 aromatic heterocycles. The average Bonchev–Trinajstić information content (AvgIpc) is 3.28. The number of aliphatic imine (C=N–C) groups is 2. The van der Waals surface area contributed by atoms with Crippen LogP contribution in [0.2, 0.25) is 0 Å². The van der Waals surface area contributed by atoms with Crippen molar-refractivity contribution < 1.29 is 38.7 Å². The smallest absolute Gasteiger partial charge is 0.245 e. The lowest BCUT2D eigenvalue weighted by Gasteiger charge is -2.27. The second-order valence-corrected chi connectivity index (χ2v) is 15.6. The van der Waals surface area contributed by atoms with Gasteiger partial charge in [0.2, 0.25) is 41.4 Å². The number of nitrogens with zero attached hydrogens (tertiary/aromatic N) is 4. The summed E-state index contributed by atoms with van der Waals surface area (Å²) in [7, 11) is 7.08. The Morgan fingerprint density at radius 3 is 1.41 bits per heavy atom. The van der Waals surface area contributed by atoms with Crippen LogP contribution in [0, 0.1) is 0 Å². The van der Waals surface area contributed by atoms with Crippen molar-refractivity contribution >= 4 is 53.3 Å². The Labute approximate surface area is 384 Å². The first-order valence-electron chi connectivity index (χ1n) is 21.2. The minimum absolute atomic E-state index is 0.00643. The standard InChI is InChI=1S/C45H63N13O8/c1-57(2)45(58(3)4)51-26-37(60)50-27-38(61)52-34(24-30-17-10-6-11-18-30)41(64)56-36(28-59)43(66)55-35(25-31-19-12-7-13-20-31)42(65)53-32(21-14-22-49-44(47)48)40(63)54-33(39(46)62)23-29-15-8-5-9-16-29/h5-13,15-20,32-36,59H,14,21-28H2,1-4H3,(H2,46,62)(H,50,60)(H,52,61)(H,53,65)(H,54,63)(H,55,66)(H,56,64)(H4,47,48,49)/t32-,33-,34-,35-,36-/m0/s1. The summed E-state index contributed by atoms with van der Waals surface area (Å²) in [4.78, 5) is 105. The average molecular weight is 914 g/mol. The quantitative estimate of drug-likeness (QED) is 0.0235. The molecule has 356 valence electrons. The normalized spacial score (nSPS) is 12.9. The molecule has 0 saturated heterocycles. The van der Waals surface area contributed by atoms with E-state index in [4.69, 9.17) is 17.2 Å². The Morgan fingerprint density at radius 1 is 0.545 bits per heavy atom. The van der Waals surface area contributed by atoms with Gasteiger partial charge in [0.05, 0.1) is 13.2 Å². The second-order valence-electron chi connectivity index (χ2n) is 15.6. The van der Waals surface area contributed by atoms with E-state index in [1.165, 1.54) is 0 Å². The van der Waals surface area contributed by atoms with Gasteiger partial charge in [-0.25, -0.2) is 4.99 Å². The highest BCUT2D eigenvalue weighted by Crippen LogP contribution is 2.09. The highest BCUT2D eigenvalue weighted by atomic mass is 16.3. The summed E-state index contributed by atoms with van der Waals surface area (Å²) in [6, 6.07) is 19.6. The van der Waals surface area contributed by atoms with Crippen LogP contribution < -0.4 is 49.1 Å². The SMILES string of the molecule is CN(C)C(=NCC(=O)NCC(=O)N[C@@H](Cc1ccccc1)C(=O)N[C@@H](CO)C(=O)N[C@@H](Cc1ccccc1)C(=O)N[C@@H](CCCN=C(N)N)C(=O)N[C@@H](Cc1ccccc1)C(N)=O)N(C)C. The van der Waals surface area contributed by atoms with Gasteiger partial charge in [0.25, 0.3) is 0 Å². The van der Waals surface area contributed by atoms with Crippen LogP contribution in [0.25, 0.3) is 0 Å². The molecule has 13 N–H and O–H groups in total. The van der Waals surface area contributed by atoms with Crippen LogP contribution in [0.5, 0.6) is 0 Å². The zero-order valence-electron chi connectivity index (χ0n) is 37.7. The largest absolute Gasteiger partial charge is 0.394 e. The van der Waals surface area contributed by atoms with Crippen LogP contribution in [-0.4, -0.2) is 153 Å². The van der Waals surface area contributed by atoms with Crippen LogP contribution in [0.1, 0.15) is 29.5 Å². The van der Waals surface area contributed by atoms with Gasteiger partial charge in [0, 0.05) is 54.0 Å². The number of amides is 7. The third kappa shape index (κ3) is 19.1. The fraction of sp³-hybridized carbons (Fsp3) is 0.400. The highest BCUT2D eigenvalue weighted by molar-refractivity contribution is 5.97. The van der Waals surface area contributed by atoms with E-state index >= 15 is 0 Å². The third-order valence-corrected chi connectivity index (χ3v) is 9.80. The van der Waals surface area contributed by atoms with Gasteiger partial charge in [-0.1, -0.05) is 91.0 Å². The van der Waals surface area contributed by atoms with Crippen LogP contribution >= 0.6 is 0 Å². The number of benzene rings is 3. The molecule has 0 aliphatic heterocycles. The number of nitrogens with two attached hydrogens (primary N) is 3. The molecule has 0 radical (unpaired) electrons. The third-order valence-electron chi connectivity index (χ3n) is 9.80. The molecule has 0 saturated carbocycles. The zero-order valence-corrected chi connectivity index (χ0v) is 37.7. The van der Waals surface area contributed by atoms with E-state index in [9.17, 15) is 38.7 Å². The number of aliphatic hydroxyl groups is 1. The Bertz CT molecular complexity index is 2110. The lowest BCUT2D eigenvalue weighted by atomic mass is 10.0. The number of nitrogens with one attached hydrogen (secondary N) is 6. The molecule has 0 heterocycles. The highest BCUT2D eigenvalue weighted by Gasteiger charge is 2.32. The van der Waals surface area contributed by atoms with Gasteiger partial charge in [-0.2, -0.15) is 0 Å². The number of hydrogen-bond donors (Lipinski definition) is 10. The molecule has 0 fully saturated rings. The van der Waals surface area contributed by atoms with E-state index in [2.05, 4.69) is 41.9 Å². The fourth-order valence-electron chi connectivity index (χ4n) is 6.55. The number of guanidine groups is 2. The van der Waals surface area contributed by atoms with Gasteiger partial charge in [0.15, 0.2) is 11.9 Å². The number of aliphatic hydroxyl groups excluding tert-OH is 1.